The molecular weight excluding hydrogens is 344 g/mol. The van der Waals surface area contributed by atoms with E-state index in [9.17, 15) is 9.59 Å². The van der Waals surface area contributed by atoms with Gasteiger partial charge in [0.05, 0.1) is 5.02 Å². The van der Waals surface area contributed by atoms with E-state index in [1.807, 2.05) is 6.92 Å². The molecule has 1 N–H and O–H groups in total. The molecule has 0 bridgehead atoms. The predicted octanol–water partition coefficient (Wildman–Crippen LogP) is 3.12. The molecule has 20 heavy (non-hydrogen) atoms. The zero-order chi connectivity index (χ0) is 15.1. The molecule has 1 aromatic rings. The molecule has 108 valence electrons. The van der Waals surface area contributed by atoms with Crippen LogP contribution in [0.4, 0.5) is 5.69 Å². The van der Waals surface area contributed by atoms with Crippen molar-refractivity contribution in [1.29, 1.82) is 0 Å². The van der Waals surface area contributed by atoms with Crippen LogP contribution in [0, 0.1) is 0 Å². The van der Waals surface area contributed by atoms with Crippen LogP contribution in [-0.2, 0) is 9.59 Å². The van der Waals surface area contributed by atoms with Gasteiger partial charge in [-0.2, -0.15) is 0 Å². The molecule has 0 aliphatic carbocycles. The van der Waals surface area contributed by atoms with Crippen molar-refractivity contribution in [3.63, 3.8) is 0 Å². The number of rotatable bonds is 2. The lowest BCUT2D eigenvalue weighted by atomic mass is 9.95. The number of halogens is 2. The van der Waals surface area contributed by atoms with Gasteiger partial charge in [-0.25, -0.2) is 0 Å². The van der Waals surface area contributed by atoms with Crippen molar-refractivity contribution in [2.75, 3.05) is 4.90 Å². The Bertz CT molecular complexity index is 574. The summed E-state index contributed by atoms with van der Waals surface area (Å²) in [7, 11) is 0. The Labute approximate surface area is 131 Å². The lowest BCUT2D eigenvalue weighted by Crippen LogP contribution is -2.68. The van der Waals surface area contributed by atoms with Crippen molar-refractivity contribution >= 4 is 45.0 Å². The van der Waals surface area contributed by atoms with E-state index in [0.717, 1.165) is 4.47 Å². The van der Waals surface area contributed by atoms with Gasteiger partial charge in [-0.3, -0.25) is 14.5 Å². The maximum absolute atomic E-state index is 12.6. The number of nitrogens with one attached hydrogen (secondary N) is 1. The highest BCUT2D eigenvalue weighted by Gasteiger charge is 2.45. The molecule has 4 nitrogen and oxygen atoms in total. The van der Waals surface area contributed by atoms with Crippen molar-refractivity contribution in [1.82, 2.24) is 5.32 Å². The van der Waals surface area contributed by atoms with Gasteiger partial charge >= 0.3 is 0 Å². The average molecular weight is 360 g/mol. The number of carbonyl (C=O) groups is 2. The van der Waals surface area contributed by atoms with Crippen molar-refractivity contribution in [3.05, 3.63) is 27.7 Å². The minimum Gasteiger partial charge on any atom is -0.340 e. The second-order valence-corrected chi connectivity index (χ2v) is 6.57. The summed E-state index contributed by atoms with van der Waals surface area (Å²) < 4.78 is 0.754. The molecule has 6 heteroatoms. The Morgan fingerprint density at radius 2 is 2.05 bits per heavy atom. The Kier molecular flexibility index (Phi) is 4.12. The van der Waals surface area contributed by atoms with Gasteiger partial charge in [-0.15, -0.1) is 0 Å². The average Bonchev–Trinajstić information content (AvgIpc) is 2.36. The summed E-state index contributed by atoms with van der Waals surface area (Å²) in [5.74, 6) is -0.279. The number of benzene rings is 1. The van der Waals surface area contributed by atoms with Gasteiger partial charge in [-0.05, 0) is 54.4 Å². The topological polar surface area (TPSA) is 49.4 Å². The molecule has 1 atom stereocenters. The number of hydrogen-bond acceptors (Lipinski definition) is 2. The van der Waals surface area contributed by atoms with Crippen molar-refractivity contribution < 1.29 is 9.59 Å². The molecule has 1 heterocycles. The van der Waals surface area contributed by atoms with Crippen LogP contribution < -0.4 is 10.2 Å². The van der Waals surface area contributed by atoms with Gasteiger partial charge in [0.25, 0.3) is 5.91 Å². The first kappa shape index (κ1) is 15.3. The van der Waals surface area contributed by atoms with Gasteiger partial charge in [0, 0.05) is 10.2 Å². The van der Waals surface area contributed by atoms with Crippen LogP contribution in [0.15, 0.2) is 22.7 Å². The monoisotopic (exact) mass is 358 g/mol. The fourth-order valence-electron chi connectivity index (χ4n) is 2.30. The van der Waals surface area contributed by atoms with E-state index in [0.29, 0.717) is 17.1 Å². The summed E-state index contributed by atoms with van der Waals surface area (Å²) in [6.45, 7) is 5.28. The molecule has 2 amide bonds. The first-order valence-electron chi connectivity index (χ1n) is 6.38. The normalized spacial score (nSPS) is 21.9. The van der Waals surface area contributed by atoms with Crippen LogP contribution >= 0.6 is 27.5 Å². The maximum atomic E-state index is 12.6. The summed E-state index contributed by atoms with van der Waals surface area (Å²) in [6.07, 6.45) is 0.543. The molecule has 1 saturated heterocycles. The third-order valence-electron chi connectivity index (χ3n) is 3.37. The van der Waals surface area contributed by atoms with E-state index in [1.165, 1.54) is 4.90 Å². The molecular formula is C14H16BrClN2O2. The van der Waals surface area contributed by atoms with Gasteiger partial charge in [0.15, 0.2) is 0 Å². The molecule has 0 aromatic heterocycles. The minimum absolute atomic E-state index is 0.137. The van der Waals surface area contributed by atoms with E-state index in [2.05, 4.69) is 21.2 Å². The van der Waals surface area contributed by atoms with E-state index < -0.39 is 11.6 Å². The quantitative estimate of drug-likeness (QED) is 0.882. The molecule has 1 fully saturated rings. The lowest BCUT2D eigenvalue weighted by molar-refractivity contribution is -0.137. The molecule has 1 aromatic carbocycles. The number of piperazine rings is 1. The second kappa shape index (κ2) is 5.37. The van der Waals surface area contributed by atoms with E-state index in [-0.39, 0.29) is 11.8 Å². The van der Waals surface area contributed by atoms with Crippen LogP contribution in [0.3, 0.4) is 0 Å². The molecule has 2 rings (SSSR count). The van der Waals surface area contributed by atoms with Gasteiger partial charge < -0.3 is 5.32 Å². The van der Waals surface area contributed by atoms with Crippen LogP contribution in [0.25, 0.3) is 0 Å². The smallest absolute Gasteiger partial charge is 0.252 e. The van der Waals surface area contributed by atoms with Crippen LogP contribution in [0.5, 0.6) is 0 Å². The number of amides is 2. The van der Waals surface area contributed by atoms with Gasteiger partial charge in [-0.1, -0.05) is 18.5 Å². The molecule has 0 radical (unpaired) electrons. The number of hydrogen-bond donors (Lipinski definition) is 1. The van der Waals surface area contributed by atoms with E-state index in [4.69, 9.17) is 11.6 Å². The highest BCUT2D eigenvalue weighted by molar-refractivity contribution is 9.10. The van der Waals surface area contributed by atoms with E-state index >= 15 is 0 Å². The molecule has 1 aliphatic rings. The van der Waals surface area contributed by atoms with Crippen molar-refractivity contribution in [2.24, 2.45) is 0 Å². The zero-order valence-electron chi connectivity index (χ0n) is 11.5. The van der Waals surface area contributed by atoms with Gasteiger partial charge in [0.2, 0.25) is 5.91 Å². The first-order valence-corrected chi connectivity index (χ1v) is 7.55. The van der Waals surface area contributed by atoms with Crippen molar-refractivity contribution in [2.45, 2.75) is 38.8 Å². The summed E-state index contributed by atoms with van der Waals surface area (Å²) in [5, 5.41) is 3.27. The molecule has 0 spiro atoms. The molecule has 0 saturated carbocycles. The minimum atomic E-state index is -0.914. The summed E-state index contributed by atoms with van der Waals surface area (Å²) in [5.41, 5.74) is -0.277. The lowest BCUT2D eigenvalue weighted by Gasteiger charge is -2.42. The predicted molar refractivity (Wildman–Crippen MR) is 82.9 cm³/mol. The highest BCUT2D eigenvalue weighted by Crippen LogP contribution is 2.32. The Balaban J connectivity index is 2.51. The highest BCUT2D eigenvalue weighted by atomic mass is 79.9. The first-order chi connectivity index (χ1) is 9.27. The van der Waals surface area contributed by atoms with Crippen molar-refractivity contribution in [3.8, 4) is 0 Å². The second-order valence-electron chi connectivity index (χ2n) is 5.31. The van der Waals surface area contributed by atoms with E-state index in [1.54, 1.807) is 32.0 Å². The molecule has 1 aliphatic heterocycles. The fraction of sp³-hybridized carbons (Fsp3) is 0.429. The third kappa shape index (κ3) is 2.56. The van der Waals surface area contributed by atoms with Gasteiger partial charge in [0.1, 0.15) is 11.6 Å². The number of nitrogens with zero attached hydrogens (tertiary/aromatic N) is 1. The number of carbonyl (C=O) groups excluding carboxylic acids is 2. The Hall–Kier alpha value is -1.07. The van der Waals surface area contributed by atoms with Crippen LogP contribution in [0.1, 0.15) is 27.2 Å². The summed E-state index contributed by atoms with van der Waals surface area (Å²) in [4.78, 5) is 26.3. The number of anilines is 1. The summed E-state index contributed by atoms with van der Waals surface area (Å²) in [6, 6.07) is 4.75. The SMILES string of the molecule is CCC1C(=O)NC(C)(C)C(=O)N1c1ccc(Br)c(Cl)c1. The largest absolute Gasteiger partial charge is 0.340 e. The Morgan fingerprint density at radius 3 is 2.60 bits per heavy atom. The Morgan fingerprint density at radius 1 is 1.40 bits per heavy atom. The standard InChI is InChI=1S/C14H16BrClN2O2/c1-4-11-12(19)17-14(2,3)13(20)18(11)8-5-6-9(15)10(16)7-8/h5-7,11H,4H2,1-3H3,(H,17,19). The summed E-state index contributed by atoms with van der Waals surface area (Å²) >= 11 is 9.41. The third-order valence-corrected chi connectivity index (χ3v) is 4.60. The van der Waals surface area contributed by atoms with Crippen LogP contribution in [-0.4, -0.2) is 23.4 Å². The fourth-order valence-corrected chi connectivity index (χ4v) is 2.73. The zero-order valence-corrected chi connectivity index (χ0v) is 13.9. The molecule has 1 unspecified atom stereocenters. The van der Waals surface area contributed by atoms with Crippen LogP contribution in [0.2, 0.25) is 5.02 Å². The maximum Gasteiger partial charge on any atom is 0.252 e.